The summed E-state index contributed by atoms with van der Waals surface area (Å²) in [6.07, 6.45) is 1.09. The van der Waals surface area contributed by atoms with E-state index in [1.165, 1.54) is 0 Å². The number of rotatable bonds is 7. The number of hydrogen-bond acceptors (Lipinski definition) is 2. The van der Waals surface area contributed by atoms with Crippen LogP contribution in [-0.2, 0) is 13.2 Å². The van der Waals surface area contributed by atoms with E-state index >= 15 is 0 Å². The molecule has 0 bridgehead atoms. The maximum atomic E-state index is 6.24. The van der Waals surface area contributed by atoms with Crippen molar-refractivity contribution in [2.24, 2.45) is 5.41 Å². The summed E-state index contributed by atoms with van der Waals surface area (Å²) >= 11 is 9.81. The Labute approximate surface area is 171 Å². The highest BCUT2D eigenvalue weighted by molar-refractivity contribution is 9.10. The van der Waals surface area contributed by atoms with Gasteiger partial charge in [0, 0.05) is 32.7 Å². The zero-order valence-electron chi connectivity index (χ0n) is 16.3. The van der Waals surface area contributed by atoms with Crippen molar-refractivity contribution in [3.8, 4) is 5.75 Å². The van der Waals surface area contributed by atoms with E-state index in [0.717, 1.165) is 39.3 Å². The summed E-state index contributed by atoms with van der Waals surface area (Å²) in [5.74, 6) is 0.882. The maximum absolute atomic E-state index is 6.24. The molecule has 0 radical (unpaired) electrons. The average Bonchev–Trinajstić information content (AvgIpc) is 2.51. The fourth-order valence-electron chi connectivity index (χ4n) is 3.32. The van der Waals surface area contributed by atoms with Gasteiger partial charge >= 0.3 is 0 Å². The van der Waals surface area contributed by atoms with Crippen molar-refractivity contribution >= 4 is 27.5 Å². The third-order valence-corrected chi connectivity index (χ3v) is 4.96. The van der Waals surface area contributed by atoms with E-state index in [9.17, 15) is 0 Å². The Kier molecular flexibility index (Phi) is 7.18. The zero-order chi connectivity index (χ0) is 19.4. The van der Waals surface area contributed by atoms with Gasteiger partial charge in [0.05, 0.1) is 0 Å². The molecule has 2 nitrogen and oxygen atoms in total. The molecule has 2 aromatic rings. The minimum atomic E-state index is 0.0422. The van der Waals surface area contributed by atoms with Crippen molar-refractivity contribution in [2.75, 3.05) is 0 Å². The van der Waals surface area contributed by atoms with Gasteiger partial charge in [0.15, 0.2) is 0 Å². The van der Waals surface area contributed by atoms with E-state index in [0.29, 0.717) is 6.61 Å². The molecule has 1 N–H and O–H groups in total. The van der Waals surface area contributed by atoms with Gasteiger partial charge in [-0.05, 0) is 49.9 Å². The highest BCUT2D eigenvalue weighted by atomic mass is 79.9. The molecular weight excluding hydrogens is 410 g/mol. The highest BCUT2D eigenvalue weighted by Crippen LogP contribution is 2.29. The minimum Gasteiger partial charge on any atom is -0.489 e. The maximum Gasteiger partial charge on any atom is 0.124 e. The lowest BCUT2D eigenvalue weighted by molar-refractivity contribution is 0.238. The monoisotopic (exact) mass is 437 g/mol. The van der Waals surface area contributed by atoms with E-state index < -0.39 is 0 Å². The smallest absolute Gasteiger partial charge is 0.124 e. The molecule has 0 spiro atoms. The minimum absolute atomic E-state index is 0.0422. The van der Waals surface area contributed by atoms with Gasteiger partial charge in [0.2, 0.25) is 0 Å². The summed E-state index contributed by atoms with van der Waals surface area (Å²) in [5.41, 5.74) is 2.44. The van der Waals surface area contributed by atoms with Gasteiger partial charge in [-0.1, -0.05) is 66.5 Å². The van der Waals surface area contributed by atoms with Gasteiger partial charge in [0.1, 0.15) is 12.4 Å². The van der Waals surface area contributed by atoms with Gasteiger partial charge in [0.25, 0.3) is 0 Å². The largest absolute Gasteiger partial charge is 0.489 e. The molecule has 26 heavy (non-hydrogen) atoms. The van der Waals surface area contributed by atoms with Crippen molar-refractivity contribution in [1.82, 2.24) is 5.32 Å². The summed E-state index contributed by atoms with van der Waals surface area (Å²) in [6.45, 7) is 12.5. The summed E-state index contributed by atoms with van der Waals surface area (Å²) in [4.78, 5) is 0. The number of benzene rings is 2. The molecule has 0 heterocycles. The first-order valence-corrected chi connectivity index (χ1v) is 10.1. The molecule has 0 aliphatic carbocycles. The second-order valence-corrected chi connectivity index (χ2v) is 9.93. The van der Waals surface area contributed by atoms with Crippen molar-refractivity contribution in [3.05, 3.63) is 63.1 Å². The molecular formula is C22H29BrClNO. The first-order chi connectivity index (χ1) is 12.1. The van der Waals surface area contributed by atoms with Crippen LogP contribution in [0.25, 0.3) is 0 Å². The Morgan fingerprint density at radius 1 is 1.00 bits per heavy atom. The molecule has 0 aromatic heterocycles. The number of hydrogen-bond donors (Lipinski definition) is 1. The fourth-order valence-corrected chi connectivity index (χ4v) is 3.92. The van der Waals surface area contributed by atoms with Crippen molar-refractivity contribution in [3.63, 3.8) is 0 Å². The molecule has 2 aromatic carbocycles. The molecule has 0 fully saturated rings. The predicted molar refractivity (Wildman–Crippen MR) is 115 cm³/mol. The summed E-state index contributed by atoms with van der Waals surface area (Å²) < 4.78 is 7.13. The van der Waals surface area contributed by atoms with Crippen LogP contribution in [0.2, 0.25) is 5.02 Å². The van der Waals surface area contributed by atoms with Gasteiger partial charge in [-0.3, -0.25) is 0 Å². The summed E-state index contributed by atoms with van der Waals surface area (Å²) in [6, 6.07) is 13.9. The molecule has 0 unspecified atom stereocenters. The van der Waals surface area contributed by atoms with E-state index in [-0.39, 0.29) is 11.0 Å². The zero-order valence-corrected chi connectivity index (χ0v) is 18.7. The fraction of sp³-hybridized carbons (Fsp3) is 0.455. The van der Waals surface area contributed by atoms with E-state index in [2.05, 4.69) is 61.9 Å². The van der Waals surface area contributed by atoms with Crippen LogP contribution >= 0.6 is 27.5 Å². The lowest BCUT2D eigenvalue weighted by atomic mass is 9.82. The predicted octanol–water partition coefficient (Wildman–Crippen LogP) is 6.99. The van der Waals surface area contributed by atoms with Crippen LogP contribution in [0, 0.1) is 5.41 Å². The third kappa shape index (κ3) is 6.94. The molecule has 4 heteroatoms. The van der Waals surface area contributed by atoms with Crippen molar-refractivity contribution in [1.29, 1.82) is 0 Å². The molecule has 0 saturated carbocycles. The molecule has 0 aliphatic heterocycles. The van der Waals surface area contributed by atoms with Crippen LogP contribution in [0.15, 0.2) is 46.9 Å². The first kappa shape index (κ1) is 21.3. The lowest BCUT2D eigenvalue weighted by Gasteiger charge is -2.33. The average molecular weight is 439 g/mol. The van der Waals surface area contributed by atoms with Gasteiger partial charge in [-0.2, -0.15) is 0 Å². The van der Waals surface area contributed by atoms with Crippen LogP contribution in [0.4, 0.5) is 0 Å². The summed E-state index contributed by atoms with van der Waals surface area (Å²) in [7, 11) is 0. The van der Waals surface area contributed by atoms with Crippen LogP contribution in [0.3, 0.4) is 0 Å². The third-order valence-electron chi connectivity index (χ3n) is 4.09. The highest BCUT2D eigenvalue weighted by Gasteiger charge is 2.25. The summed E-state index contributed by atoms with van der Waals surface area (Å²) in [5, 5.41) is 4.41. The quantitative estimate of drug-likeness (QED) is 0.503. The second kappa shape index (κ2) is 8.77. The standard InChI is InChI=1S/C22H29BrClNO/c1-21(2,3)15-22(4,5)25-13-17-12-18(23)10-11-20(17)26-14-16-8-6-7-9-19(16)24/h6-12,25H,13-15H2,1-5H3. The molecule has 0 amide bonds. The first-order valence-electron chi connectivity index (χ1n) is 8.95. The SMILES string of the molecule is CC(C)(C)CC(C)(C)NCc1cc(Br)ccc1OCc1ccccc1Cl. The van der Waals surface area contributed by atoms with Crippen molar-refractivity contribution < 1.29 is 4.74 Å². The van der Waals surface area contributed by atoms with E-state index in [1.807, 2.05) is 36.4 Å². The number of ether oxygens (including phenoxy) is 1. The van der Waals surface area contributed by atoms with E-state index in [1.54, 1.807) is 0 Å². The molecule has 142 valence electrons. The van der Waals surface area contributed by atoms with Crippen LogP contribution < -0.4 is 10.1 Å². The Balaban J connectivity index is 2.08. The van der Waals surface area contributed by atoms with Gasteiger partial charge < -0.3 is 10.1 Å². The van der Waals surface area contributed by atoms with Gasteiger partial charge in [-0.25, -0.2) is 0 Å². The van der Waals surface area contributed by atoms with Crippen molar-refractivity contribution in [2.45, 2.75) is 59.7 Å². The second-order valence-electron chi connectivity index (χ2n) is 8.61. The molecule has 2 rings (SSSR count). The Hall–Kier alpha value is -1.03. The molecule has 0 aliphatic rings. The van der Waals surface area contributed by atoms with Gasteiger partial charge in [-0.15, -0.1) is 0 Å². The van der Waals surface area contributed by atoms with Crippen LogP contribution in [0.5, 0.6) is 5.75 Å². The van der Waals surface area contributed by atoms with Crippen LogP contribution in [0.1, 0.15) is 52.2 Å². The van der Waals surface area contributed by atoms with Crippen LogP contribution in [-0.4, -0.2) is 5.54 Å². The number of halogens is 2. The Bertz CT molecular complexity index is 737. The lowest BCUT2D eigenvalue weighted by Crippen LogP contribution is -2.41. The Morgan fingerprint density at radius 2 is 1.69 bits per heavy atom. The Morgan fingerprint density at radius 3 is 2.35 bits per heavy atom. The molecule has 0 atom stereocenters. The van der Waals surface area contributed by atoms with E-state index in [4.69, 9.17) is 16.3 Å². The normalized spacial score (nSPS) is 12.3. The number of nitrogens with one attached hydrogen (secondary N) is 1. The topological polar surface area (TPSA) is 21.3 Å². The molecule has 0 saturated heterocycles.